The normalized spacial score (nSPS) is 15.8. The molecule has 1 saturated heterocycles. The van der Waals surface area contributed by atoms with Crippen LogP contribution in [0, 0.1) is 0 Å². The number of aryl methyl sites for hydroxylation is 2. The van der Waals surface area contributed by atoms with Gasteiger partial charge in [-0.2, -0.15) is 0 Å². The van der Waals surface area contributed by atoms with E-state index in [-0.39, 0.29) is 16.9 Å². The molecule has 0 aromatic heterocycles. The molecule has 0 spiro atoms. The zero-order chi connectivity index (χ0) is 19.6. The molecule has 2 aromatic carbocycles. The molecule has 0 saturated carbocycles. The number of benzene rings is 2. The summed E-state index contributed by atoms with van der Waals surface area (Å²) < 4.78 is 0.677. The Hall–Kier alpha value is -1.70. The Morgan fingerprint density at radius 2 is 1.89 bits per heavy atom. The summed E-state index contributed by atoms with van der Waals surface area (Å²) in [6.07, 6.45) is 5.21. The molecule has 0 bridgehead atoms. The minimum absolute atomic E-state index is 0.211. The zero-order valence-electron chi connectivity index (χ0n) is 14.9. The van der Waals surface area contributed by atoms with Crippen molar-refractivity contribution in [3.63, 3.8) is 0 Å². The molecule has 3 rings (SSSR count). The van der Waals surface area contributed by atoms with Gasteiger partial charge in [0.25, 0.3) is 11.1 Å². The number of amides is 2. The molecule has 1 fully saturated rings. The molecule has 1 aliphatic heterocycles. The van der Waals surface area contributed by atoms with Gasteiger partial charge in [0.05, 0.1) is 4.91 Å². The highest BCUT2D eigenvalue weighted by molar-refractivity contribution is 9.10. The Labute approximate surface area is 175 Å². The van der Waals surface area contributed by atoms with Crippen molar-refractivity contribution in [2.45, 2.75) is 17.7 Å². The predicted molar refractivity (Wildman–Crippen MR) is 115 cm³/mol. The van der Waals surface area contributed by atoms with Crippen LogP contribution in [0.5, 0.6) is 5.75 Å². The van der Waals surface area contributed by atoms with Crippen LogP contribution in [0.3, 0.4) is 0 Å². The molecule has 1 heterocycles. The third-order valence-electron chi connectivity index (χ3n) is 4.31. The molecular formula is C20H18BrNO3S2. The number of imide groups is 1. The van der Waals surface area contributed by atoms with E-state index >= 15 is 0 Å². The van der Waals surface area contributed by atoms with E-state index in [1.165, 1.54) is 17.5 Å². The van der Waals surface area contributed by atoms with Crippen LogP contribution in [0.2, 0.25) is 0 Å². The largest absolute Gasteiger partial charge is 0.508 e. The lowest BCUT2D eigenvalue weighted by Gasteiger charge is -2.09. The minimum atomic E-state index is -0.305. The summed E-state index contributed by atoms with van der Waals surface area (Å²) in [6.45, 7) is 0. The number of carbonyl (C=O) groups excluding carboxylic acids is 2. The first-order chi connectivity index (χ1) is 12.9. The Bertz CT molecular complexity index is 926. The maximum Gasteiger partial charge on any atom is 0.293 e. The van der Waals surface area contributed by atoms with Crippen molar-refractivity contribution < 1.29 is 14.7 Å². The van der Waals surface area contributed by atoms with Gasteiger partial charge in [0.15, 0.2) is 0 Å². The van der Waals surface area contributed by atoms with Gasteiger partial charge < -0.3 is 5.11 Å². The average molecular weight is 464 g/mol. The van der Waals surface area contributed by atoms with Gasteiger partial charge >= 0.3 is 0 Å². The average Bonchev–Trinajstić information content (AvgIpc) is 2.90. The summed E-state index contributed by atoms with van der Waals surface area (Å²) in [4.78, 5) is 26.5. The van der Waals surface area contributed by atoms with E-state index in [0.717, 1.165) is 34.2 Å². The lowest BCUT2D eigenvalue weighted by Crippen LogP contribution is -2.22. The van der Waals surface area contributed by atoms with Crippen molar-refractivity contribution in [3.8, 4) is 5.75 Å². The minimum Gasteiger partial charge on any atom is -0.508 e. The van der Waals surface area contributed by atoms with Crippen LogP contribution in [0.25, 0.3) is 6.08 Å². The second-order valence-corrected chi connectivity index (χ2v) is 8.82. The number of phenols is 1. The number of hydrogen-bond donors (Lipinski definition) is 1. The first-order valence-corrected chi connectivity index (χ1v) is 11.1. The molecule has 0 aliphatic carbocycles. The predicted octanol–water partition coefficient (Wildman–Crippen LogP) is 5.33. The van der Waals surface area contributed by atoms with Gasteiger partial charge in [0.2, 0.25) is 0 Å². The Balaban J connectivity index is 1.81. The molecule has 0 radical (unpaired) electrons. The Morgan fingerprint density at radius 3 is 2.48 bits per heavy atom. The van der Waals surface area contributed by atoms with Gasteiger partial charge in [-0.3, -0.25) is 14.5 Å². The van der Waals surface area contributed by atoms with E-state index in [1.54, 1.807) is 23.9 Å². The van der Waals surface area contributed by atoms with Crippen LogP contribution >= 0.6 is 39.5 Å². The summed E-state index contributed by atoms with van der Waals surface area (Å²) in [5.41, 5.74) is 2.76. The van der Waals surface area contributed by atoms with Crippen molar-refractivity contribution in [1.82, 2.24) is 4.90 Å². The third kappa shape index (κ3) is 4.59. The van der Waals surface area contributed by atoms with Gasteiger partial charge in [-0.1, -0.05) is 28.1 Å². The first-order valence-electron chi connectivity index (χ1n) is 8.25. The number of rotatable bonds is 5. The number of halogens is 1. The molecule has 2 aromatic rings. The molecule has 0 atom stereocenters. The quantitative estimate of drug-likeness (QED) is 0.479. The second-order valence-electron chi connectivity index (χ2n) is 6.09. The van der Waals surface area contributed by atoms with E-state index in [4.69, 9.17) is 0 Å². The molecule has 4 nitrogen and oxygen atoms in total. The Kier molecular flexibility index (Phi) is 6.34. The maximum atomic E-state index is 12.1. The SMILES string of the molecule is CSc1ccc(CCc2cc(/C=C3\SC(=O)N(C)C3=O)c(Br)cc2O)cc1. The van der Waals surface area contributed by atoms with Crippen LogP contribution in [0.15, 0.2) is 50.7 Å². The van der Waals surface area contributed by atoms with Crippen molar-refractivity contribution in [3.05, 3.63) is 62.5 Å². The van der Waals surface area contributed by atoms with E-state index in [2.05, 4.69) is 40.2 Å². The number of nitrogens with zero attached hydrogens (tertiary/aromatic N) is 1. The van der Waals surface area contributed by atoms with Crippen molar-refractivity contribution in [2.75, 3.05) is 13.3 Å². The third-order valence-corrected chi connectivity index (χ3v) is 6.70. The van der Waals surface area contributed by atoms with Gasteiger partial charge in [-0.25, -0.2) is 0 Å². The number of thioether (sulfide) groups is 2. The number of carbonyl (C=O) groups is 2. The number of phenolic OH excluding ortho intramolecular Hbond substituents is 1. The molecule has 7 heteroatoms. The summed E-state index contributed by atoms with van der Waals surface area (Å²) in [7, 11) is 1.47. The summed E-state index contributed by atoms with van der Waals surface area (Å²) >= 11 is 6.05. The number of likely N-dealkylation sites (N-methyl/N-ethyl adjacent to an activating group) is 1. The molecule has 1 N–H and O–H groups in total. The fourth-order valence-corrected chi connectivity index (χ4v) is 4.37. The second kappa shape index (κ2) is 8.54. The molecule has 140 valence electrons. The lowest BCUT2D eigenvalue weighted by atomic mass is 10.0. The van der Waals surface area contributed by atoms with Gasteiger partial charge in [0.1, 0.15) is 5.75 Å². The van der Waals surface area contributed by atoms with E-state index < -0.39 is 0 Å². The maximum absolute atomic E-state index is 12.1. The van der Waals surface area contributed by atoms with Crippen LogP contribution in [0.1, 0.15) is 16.7 Å². The molecule has 0 unspecified atom stereocenters. The van der Waals surface area contributed by atoms with E-state index in [9.17, 15) is 14.7 Å². The Morgan fingerprint density at radius 1 is 1.19 bits per heavy atom. The highest BCUT2D eigenvalue weighted by Crippen LogP contribution is 2.35. The summed E-state index contributed by atoms with van der Waals surface area (Å²) in [5, 5.41) is 10.0. The fourth-order valence-electron chi connectivity index (χ4n) is 2.70. The van der Waals surface area contributed by atoms with Crippen LogP contribution in [0.4, 0.5) is 4.79 Å². The zero-order valence-corrected chi connectivity index (χ0v) is 18.1. The smallest absolute Gasteiger partial charge is 0.293 e. The number of aromatic hydroxyl groups is 1. The van der Waals surface area contributed by atoms with E-state index in [0.29, 0.717) is 15.8 Å². The van der Waals surface area contributed by atoms with Crippen LogP contribution in [-0.4, -0.2) is 34.5 Å². The highest BCUT2D eigenvalue weighted by atomic mass is 79.9. The summed E-state index contributed by atoms with van der Waals surface area (Å²) in [6, 6.07) is 11.9. The number of hydrogen-bond acceptors (Lipinski definition) is 5. The first kappa shape index (κ1) is 20.0. The molecular weight excluding hydrogens is 446 g/mol. The highest BCUT2D eigenvalue weighted by Gasteiger charge is 2.31. The standard InChI is InChI=1S/C20H18BrNO3S2/c1-22-19(24)18(27-20(22)25)10-14-9-13(17(23)11-16(14)21)6-3-12-4-7-15(26-2)8-5-12/h4-5,7-11,23H,3,6H2,1-2H3/b18-10-. The van der Waals surface area contributed by atoms with Crippen LogP contribution < -0.4 is 0 Å². The molecule has 2 amide bonds. The van der Waals surface area contributed by atoms with E-state index in [1.807, 2.05) is 12.3 Å². The van der Waals surface area contributed by atoms with Gasteiger partial charge in [-0.15, -0.1) is 11.8 Å². The lowest BCUT2D eigenvalue weighted by molar-refractivity contribution is -0.121. The van der Waals surface area contributed by atoms with Gasteiger partial charge in [-0.05, 0) is 77.9 Å². The van der Waals surface area contributed by atoms with Crippen molar-refractivity contribution >= 4 is 56.7 Å². The molecule has 27 heavy (non-hydrogen) atoms. The van der Waals surface area contributed by atoms with Gasteiger partial charge in [0, 0.05) is 16.4 Å². The van der Waals surface area contributed by atoms with Crippen molar-refractivity contribution in [2.24, 2.45) is 0 Å². The monoisotopic (exact) mass is 463 g/mol. The van der Waals surface area contributed by atoms with Crippen LogP contribution in [-0.2, 0) is 17.6 Å². The summed E-state index contributed by atoms with van der Waals surface area (Å²) in [5.74, 6) is -0.0937. The topological polar surface area (TPSA) is 57.6 Å². The van der Waals surface area contributed by atoms with Crippen molar-refractivity contribution in [1.29, 1.82) is 0 Å². The fraction of sp³-hybridized carbons (Fsp3) is 0.200. The molecule has 1 aliphatic rings.